The third kappa shape index (κ3) is 38.7. The average molecular weight is 952 g/mol. The number of nitrogens with zero attached hydrogens (tertiary/aromatic N) is 15. The number of guanidine groups is 2. The van der Waals surface area contributed by atoms with Gasteiger partial charge in [-0.15, -0.1) is 0 Å². The van der Waals surface area contributed by atoms with Crippen molar-refractivity contribution < 1.29 is 56.8 Å². The molecule has 0 aliphatic carbocycles. The van der Waals surface area contributed by atoms with E-state index in [0.29, 0.717) is 184 Å². The number of hydrogen-bond donors (Lipinski definition) is 2. The summed E-state index contributed by atoms with van der Waals surface area (Å²) in [5.74, 6) is 0.722. The van der Waals surface area contributed by atoms with Crippen LogP contribution >= 0.6 is 11.6 Å². The van der Waals surface area contributed by atoms with E-state index >= 15 is 0 Å². The maximum Gasteiger partial charge on any atom is 0.227 e. The van der Waals surface area contributed by atoms with E-state index in [-0.39, 0.29) is 39.2 Å². The molecule has 0 aromatic carbocycles. The molecule has 0 amide bonds. The Morgan fingerprint density at radius 1 is 0.462 bits per heavy atom. The molecule has 1 atom stereocenters. The van der Waals surface area contributed by atoms with Crippen molar-refractivity contribution in [3.63, 3.8) is 0 Å². The van der Waals surface area contributed by atoms with E-state index in [1.807, 2.05) is 4.90 Å². The third-order valence-electron chi connectivity index (χ3n) is 7.78. The highest BCUT2D eigenvalue weighted by molar-refractivity contribution is 6.26. The van der Waals surface area contributed by atoms with Crippen LogP contribution in [0.4, 0.5) is 0 Å². The molecule has 0 radical (unpaired) electrons. The highest BCUT2D eigenvalue weighted by atomic mass is 35.5. The van der Waals surface area contributed by atoms with Crippen molar-refractivity contribution in [3.05, 3.63) is 41.8 Å². The van der Waals surface area contributed by atoms with Crippen LogP contribution in [0.15, 0.2) is 30.4 Å². The number of alkyl halides is 1. The van der Waals surface area contributed by atoms with Crippen LogP contribution in [0.3, 0.4) is 0 Å². The molecule has 30 heteroatoms. The van der Waals surface area contributed by atoms with Crippen molar-refractivity contribution in [2.75, 3.05) is 204 Å². The van der Waals surface area contributed by atoms with E-state index in [1.54, 1.807) is 0 Å². The quantitative estimate of drug-likeness (QED) is 0.0221. The second kappa shape index (κ2) is 46.3. The fourth-order valence-electron chi connectivity index (χ4n) is 4.74. The van der Waals surface area contributed by atoms with Gasteiger partial charge < -0.3 is 72.4 Å². The van der Waals surface area contributed by atoms with Gasteiger partial charge >= 0.3 is 0 Å². The maximum atomic E-state index is 8.34. The van der Waals surface area contributed by atoms with Crippen molar-refractivity contribution >= 4 is 23.5 Å². The molecule has 1 unspecified atom stereocenters. The molecule has 370 valence electrons. The Morgan fingerprint density at radius 3 is 1.12 bits per heavy atom. The van der Waals surface area contributed by atoms with Crippen molar-refractivity contribution in [2.24, 2.45) is 30.4 Å². The Hall–Kier alpha value is -4.21. The van der Waals surface area contributed by atoms with Gasteiger partial charge in [0.1, 0.15) is 0 Å². The van der Waals surface area contributed by atoms with Crippen molar-refractivity contribution in [1.29, 1.82) is 0 Å². The summed E-state index contributed by atoms with van der Waals surface area (Å²) >= 11 is 7.12. The van der Waals surface area contributed by atoms with Crippen LogP contribution in [-0.4, -0.2) is 226 Å². The molecule has 0 spiro atoms. The molecular weight excluding hydrogens is 886 g/mol. The number of halogens is 1. The topological polar surface area (TPSA) is 358 Å². The van der Waals surface area contributed by atoms with E-state index in [0.717, 1.165) is 0 Å². The summed E-state index contributed by atoms with van der Waals surface area (Å²) in [6.45, 7) is 10.5. The second-order valence-electron chi connectivity index (χ2n) is 12.6. The minimum Gasteiger partial charge on any atom is -0.379 e. The van der Waals surface area contributed by atoms with E-state index in [2.05, 4.69) is 50.7 Å². The van der Waals surface area contributed by atoms with Crippen molar-refractivity contribution in [2.45, 2.75) is 11.5 Å². The number of aliphatic imine (C=N–C) groups is 2. The monoisotopic (exact) mass is 951 g/mol. The zero-order valence-corrected chi connectivity index (χ0v) is 37.9. The van der Waals surface area contributed by atoms with Crippen LogP contribution in [0.2, 0.25) is 0 Å². The number of ether oxygens (including phenoxy) is 12. The minimum atomic E-state index is -1.33. The number of azide groups is 4. The minimum absolute atomic E-state index is 0.248. The Morgan fingerprint density at radius 2 is 0.769 bits per heavy atom. The van der Waals surface area contributed by atoms with Crippen LogP contribution in [-0.2, 0) is 56.8 Å². The van der Waals surface area contributed by atoms with Gasteiger partial charge in [-0.3, -0.25) is 0 Å². The molecule has 0 aromatic rings. The Balaban J connectivity index is 2.80. The number of nitrogens with one attached hydrogen (secondary N) is 2. The lowest BCUT2D eigenvalue weighted by molar-refractivity contribution is 0.00830. The lowest BCUT2D eigenvalue weighted by atomic mass is 10.3. The summed E-state index contributed by atoms with van der Waals surface area (Å²) in [6, 6.07) is 0. The summed E-state index contributed by atoms with van der Waals surface area (Å²) in [4.78, 5) is 22.2. The van der Waals surface area contributed by atoms with E-state index < -0.39 is 5.12 Å². The standard InChI is InChI=1S/C35H66ClN17O12/c36-35(1-9-54-17-25-62-27-19-56-11-3-42-49-37)47-33(41-2-10-55-18-26-63-28-20-57-12-4-43-50-38)46-34(48-35)53(7-15-60-23-31-64-29-21-58-13-5-44-51-39)8-16-61-24-32-65-30-22-59-14-6-45-52-40/h1-32H2,(H2,41,46,47,48). The molecule has 2 N–H and O–H groups in total. The summed E-state index contributed by atoms with van der Waals surface area (Å²) in [7, 11) is 0. The van der Waals surface area contributed by atoms with Gasteiger partial charge in [-0.2, -0.15) is 4.99 Å². The molecule has 1 aliphatic heterocycles. The van der Waals surface area contributed by atoms with Crippen LogP contribution < -0.4 is 10.6 Å². The fourth-order valence-corrected chi connectivity index (χ4v) is 4.98. The second-order valence-corrected chi connectivity index (χ2v) is 13.2. The smallest absolute Gasteiger partial charge is 0.227 e. The van der Waals surface area contributed by atoms with Crippen LogP contribution in [0.25, 0.3) is 41.8 Å². The summed E-state index contributed by atoms with van der Waals surface area (Å²) in [6.07, 6.45) is 0.268. The predicted molar refractivity (Wildman–Crippen MR) is 237 cm³/mol. The first-order valence-corrected chi connectivity index (χ1v) is 21.6. The zero-order valence-electron chi connectivity index (χ0n) is 37.1. The number of rotatable bonds is 48. The van der Waals surface area contributed by atoms with Gasteiger partial charge in [0.15, 0.2) is 0 Å². The molecule has 0 bridgehead atoms. The van der Waals surface area contributed by atoms with E-state index in [9.17, 15) is 0 Å². The first-order valence-electron chi connectivity index (χ1n) is 21.2. The predicted octanol–water partition coefficient (Wildman–Crippen LogP) is 2.92. The molecule has 1 aliphatic rings. The Bertz CT molecular complexity index is 1380. The summed E-state index contributed by atoms with van der Waals surface area (Å²) in [5, 5.41) is 18.8. The molecule has 1 rings (SSSR count). The van der Waals surface area contributed by atoms with Gasteiger partial charge in [0.2, 0.25) is 17.0 Å². The van der Waals surface area contributed by atoms with Gasteiger partial charge in [-0.1, -0.05) is 32.1 Å². The highest BCUT2D eigenvalue weighted by Crippen LogP contribution is 2.22. The van der Waals surface area contributed by atoms with E-state index in [1.165, 1.54) is 0 Å². The molecular formula is C35H66ClN17O12. The maximum absolute atomic E-state index is 8.34. The Labute approximate surface area is 383 Å². The Kier molecular flexibility index (Phi) is 41.9. The highest BCUT2D eigenvalue weighted by Gasteiger charge is 2.33. The van der Waals surface area contributed by atoms with Crippen LogP contribution in [0, 0.1) is 0 Å². The first-order chi connectivity index (χ1) is 32.1. The van der Waals surface area contributed by atoms with Gasteiger partial charge in [0.25, 0.3) is 0 Å². The fraction of sp³-hybridized carbons (Fsp3) is 0.943. The van der Waals surface area contributed by atoms with Gasteiger partial charge in [0.05, 0.1) is 159 Å². The summed E-state index contributed by atoms with van der Waals surface area (Å²) < 4.78 is 66.8. The molecule has 0 aromatic heterocycles. The first kappa shape index (κ1) is 58.8. The molecule has 0 saturated carbocycles. The SMILES string of the molecule is [N-]=[N+]=NCCOCCOCCOCCNC1=NC(N(CCOCCOCCOCCN=[N+]=[N-])CCOCCOCCOCCN=[N+]=[N-])=NC(Cl)(CCOCCOCCOCCN=[N+]=[N-])N1. The van der Waals surface area contributed by atoms with Crippen molar-refractivity contribution in [1.82, 2.24) is 15.5 Å². The lowest BCUT2D eigenvalue weighted by Gasteiger charge is -2.34. The molecule has 29 nitrogen and oxygen atoms in total. The van der Waals surface area contributed by atoms with Crippen LogP contribution in [0.1, 0.15) is 6.42 Å². The van der Waals surface area contributed by atoms with Gasteiger partial charge in [-0.05, 0) is 22.1 Å². The lowest BCUT2D eigenvalue weighted by Crippen LogP contribution is -2.55. The largest absolute Gasteiger partial charge is 0.379 e. The molecule has 0 fully saturated rings. The van der Waals surface area contributed by atoms with Crippen molar-refractivity contribution in [3.8, 4) is 0 Å². The summed E-state index contributed by atoms with van der Waals surface area (Å²) in [5.41, 5.74) is 33.3. The zero-order chi connectivity index (χ0) is 46.8. The van der Waals surface area contributed by atoms with Gasteiger partial charge in [0, 0.05) is 71.9 Å². The van der Waals surface area contributed by atoms with Gasteiger partial charge in [-0.25, -0.2) is 4.99 Å². The molecule has 1 heterocycles. The number of hydrogen-bond acceptors (Lipinski definition) is 21. The van der Waals surface area contributed by atoms with E-state index in [4.69, 9.17) is 101 Å². The molecule has 65 heavy (non-hydrogen) atoms. The van der Waals surface area contributed by atoms with Crippen LogP contribution in [0.5, 0.6) is 0 Å². The third-order valence-corrected chi connectivity index (χ3v) is 8.15. The normalized spacial score (nSPS) is 14.2. The average Bonchev–Trinajstić information content (AvgIpc) is 3.30. The molecule has 0 saturated heterocycles.